The molecule has 3 fully saturated rings. The van der Waals surface area contributed by atoms with Crippen LogP contribution in [0.3, 0.4) is 0 Å². The molecule has 26 heavy (non-hydrogen) atoms. The highest BCUT2D eigenvalue weighted by molar-refractivity contribution is 5.82. The number of piperidine rings is 2. The van der Waals surface area contributed by atoms with Crippen molar-refractivity contribution in [2.24, 2.45) is 5.92 Å². The smallest absolute Gasteiger partial charge is 0.240 e. The lowest BCUT2D eigenvalue weighted by Crippen LogP contribution is -2.62. The molecular formula is C22H32N2O2. The number of rotatable bonds is 2. The largest absolute Gasteiger partial charge is 0.385 e. The molecule has 2 saturated heterocycles. The molecule has 2 aliphatic heterocycles. The molecule has 1 amide bonds. The minimum absolute atomic E-state index is 0.0363. The van der Waals surface area contributed by atoms with Gasteiger partial charge in [0, 0.05) is 18.5 Å². The van der Waals surface area contributed by atoms with Crippen molar-refractivity contribution in [3.05, 3.63) is 35.9 Å². The van der Waals surface area contributed by atoms with Crippen molar-refractivity contribution in [3.8, 4) is 0 Å². The van der Waals surface area contributed by atoms with Crippen LogP contribution in [0.15, 0.2) is 30.3 Å². The summed E-state index contributed by atoms with van der Waals surface area (Å²) in [4.78, 5) is 17.8. The molecule has 4 heteroatoms. The van der Waals surface area contributed by atoms with Gasteiger partial charge in [0.1, 0.15) is 0 Å². The van der Waals surface area contributed by atoms with Crippen LogP contribution in [0.2, 0.25) is 0 Å². The normalized spacial score (nSPS) is 35.8. The van der Waals surface area contributed by atoms with Crippen molar-refractivity contribution >= 4 is 5.91 Å². The van der Waals surface area contributed by atoms with Crippen LogP contribution >= 0.6 is 0 Å². The third kappa shape index (κ3) is 3.07. The Bertz CT molecular complexity index is 634. The van der Waals surface area contributed by atoms with Crippen LogP contribution in [0.1, 0.15) is 56.9 Å². The highest BCUT2D eigenvalue weighted by Crippen LogP contribution is 2.47. The van der Waals surface area contributed by atoms with E-state index in [0.717, 1.165) is 50.6 Å². The van der Waals surface area contributed by atoms with Crippen LogP contribution in [-0.4, -0.2) is 53.0 Å². The lowest BCUT2D eigenvalue weighted by atomic mass is 9.66. The van der Waals surface area contributed by atoms with Crippen LogP contribution < -0.4 is 0 Å². The number of likely N-dealkylation sites (tertiary alicyclic amines) is 2. The van der Waals surface area contributed by atoms with E-state index < -0.39 is 5.60 Å². The third-order valence-electron chi connectivity index (χ3n) is 7.09. The third-order valence-corrected chi connectivity index (χ3v) is 7.09. The Morgan fingerprint density at radius 3 is 2.54 bits per heavy atom. The molecule has 4 rings (SSSR count). The summed E-state index contributed by atoms with van der Waals surface area (Å²) in [6.07, 6.45) is 8.34. The number of carbonyl (C=O) groups excluding carboxylic acids is 1. The maximum atomic E-state index is 13.4. The lowest BCUT2D eigenvalue weighted by Gasteiger charge is -2.53. The van der Waals surface area contributed by atoms with E-state index >= 15 is 0 Å². The molecule has 4 atom stereocenters. The fourth-order valence-corrected chi connectivity index (χ4v) is 5.62. The maximum absolute atomic E-state index is 13.4. The number of hydrogen-bond acceptors (Lipinski definition) is 3. The first-order valence-electron chi connectivity index (χ1n) is 10.4. The predicted molar refractivity (Wildman–Crippen MR) is 103 cm³/mol. The van der Waals surface area contributed by atoms with Crippen LogP contribution in [0.4, 0.5) is 0 Å². The molecule has 1 N–H and O–H groups in total. The van der Waals surface area contributed by atoms with Gasteiger partial charge in [-0.2, -0.15) is 0 Å². The summed E-state index contributed by atoms with van der Waals surface area (Å²) in [5.74, 6) is 0.462. The standard InChI is InChI=1S/C22H32N2O2/c1-23-15-8-7-13-20(23)21(25)24-16-14-22(26,17-9-3-2-4-10-17)18-11-5-6-12-19(18)24/h2-4,9-10,18-20,26H,5-8,11-16H2,1H3/t18-,19+,20?,22-/m0/s1. The Hall–Kier alpha value is -1.39. The van der Waals surface area contributed by atoms with E-state index in [2.05, 4.69) is 29.0 Å². The minimum atomic E-state index is -0.790. The first-order valence-corrected chi connectivity index (χ1v) is 10.4. The van der Waals surface area contributed by atoms with Crippen LogP contribution in [0.25, 0.3) is 0 Å². The molecule has 1 saturated carbocycles. The van der Waals surface area contributed by atoms with E-state index in [1.807, 2.05) is 18.2 Å². The maximum Gasteiger partial charge on any atom is 0.240 e. The molecule has 4 nitrogen and oxygen atoms in total. The summed E-state index contributed by atoms with van der Waals surface area (Å²) in [5, 5.41) is 11.7. The zero-order valence-electron chi connectivity index (χ0n) is 15.9. The average molecular weight is 357 g/mol. The van der Waals surface area contributed by atoms with Gasteiger partial charge in [-0.25, -0.2) is 0 Å². The quantitative estimate of drug-likeness (QED) is 0.885. The van der Waals surface area contributed by atoms with Crippen LogP contribution in [0.5, 0.6) is 0 Å². The molecule has 3 aliphatic rings. The zero-order valence-corrected chi connectivity index (χ0v) is 15.9. The van der Waals surface area contributed by atoms with E-state index in [0.29, 0.717) is 18.9 Å². The fraction of sp³-hybridized carbons (Fsp3) is 0.682. The van der Waals surface area contributed by atoms with Gasteiger partial charge in [-0.05, 0) is 51.3 Å². The van der Waals surface area contributed by atoms with E-state index in [-0.39, 0.29) is 18.0 Å². The molecule has 0 spiro atoms. The highest BCUT2D eigenvalue weighted by atomic mass is 16.3. The number of fused-ring (bicyclic) bond motifs is 1. The summed E-state index contributed by atoms with van der Waals surface area (Å²) in [5.41, 5.74) is 0.237. The van der Waals surface area contributed by atoms with Gasteiger partial charge in [0.05, 0.1) is 11.6 Å². The minimum Gasteiger partial charge on any atom is -0.385 e. The molecular weight excluding hydrogens is 324 g/mol. The van der Waals surface area contributed by atoms with E-state index in [9.17, 15) is 9.90 Å². The Kier molecular flexibility index (Phi) is 5.07. The molecule has 1 unspecified atom stereocenters. The molecule has 142 valence electrons. The van der Waals surface area contributed by atoms with Gasteiger partial charge in [0.25, 0.3) is 0 Å². The fourth-order valence-electron chi connectivity index (χ4n) is 5.62. The number of likely N-dealkylation sites (N-methyl/N-ethyl adjacent to an activating group) is 1. The van der Waals surface area contributed by atoms with Crippen molar-refractivity contribution in [2.45, 2.75) is 69.1 Å². The number of aliphatic hydroxyl groups is 1. The van der Waals surface area contributed by atoms with Gasteiger partial charge >= 0.3 is 0 Å². The second-order valence-electron chi connectivity index (χ2n) is 8.52. The Morgan fingerprint density at radius 2 is 1.77 bits per heavy atom. The van der Waals surface area contributed by atoms with Crippen LogP contribution in [0, 0.1) is 5.92 Å². The van der Waals surface area contributed by atoms with Gasteiger partial charge in [-0.15, -0.1) is 0 Å². The molecule has 1 aromatic carbocycles. The molecule has 0 bridgehead atoms. The SMILES string of the molecule is CN1CCCCC1C(=O)N1CC[C@](O)(c2ccccc2)[C@H]2CCCC[C@H]21. The Balaban J connectivity index is 1.59. The van der Waals surface area contributed by atoms with Crippen molar-refractivity contribution in [1.82, 2.24) is 9.80 Å². The highest BCUT2D eigenvalue weighted by Gasteiger charge is 2.51. The number of nitrogens with zero attached hydrogens (tertiary/aromatic N) is 2. The summed E-state index contributed by atoms with van der Waals surface area (Å²) in [7, 11) is 2.09. The monoisotopic (exact) mass is 356 g/mol. The molecule has 1 aliphatic carbocycles. The van der Waals surface area contributed by atoms with Crippen LogP contribution in [-0.2, 0) is 10.4 Å². The first-order chi connectivity index (χ1) is 12.6. The summed E-state index contributed by atoms with van der Waals surface area (Å²) in [6.45, 7) is 1.70. The summed E-state index contributed by atoms with van der Waals surface area (Å²) < 4.78 is 0. The van der Waals surface area contributed by atoms with Gasteiger partial charge in [-0.3, -0.25) is 9.69 Å². The lowest BCUT2D eigenvalue weighted by molar-refractivity contribution is -0.160. The van der Waals surface area contributed by atoms with Crippen molar-refractivity contribution in [2.75, 3.05) is 20.1 Å². The number of carbonyl (C=O) groups is 1. The number of amides is 1. The van der Waals surface area contributed by atoms with E-state index in [1.54, 1.807) is 0 Å². The zero-order chi connectivity index (χ0) is 18.1. The van der Waals surface area contributed by atoms with Gasteiger partial charge in [0.15, 0.2) is 0 Å². The first kappa shape index (κ1) is 18.0. The second-order valence-corrected chi connectivity index (χ2v) is 8.52. The summed E-state index contributed by atoms with van der Waals surface area (Å²) in [6, 6.07) is 10.4. The molecule has 0 aromatic heterocycles. The average Bonchev–Trinajstić information content (AvgIpc) is 2.69. The summed E-state index contributed by atoms with van der Waals surface area (Å²) >= 11 is 0. The van der Waals surface area contributed by atoms with E-state index in [4.69, 9.17) is 0 Å². The van der Waals surface area contributed by atoms with Crippen molar-refractivity contribution < 1.29 is 9.90 Å². The predicted octanol–water partition coefficient (Wildman–Crippen LogP) is 3.15. The van der Waals surface area contributed by atoms with Crippen molar-refractivity contribution in [3.63, 3.8) is 0 Å². The molecule has 0 radical (unpaired) electrons. The molecule has 2 heterocycles. The molecule has 1 aromatic rings. The number of hydrogen-bond donors (Lipinski definition) is 1. The Labute approximate surface area is 157 Å². The van der Waals surface area contributed by atoms with Gasteiger partial charge < -0.3 is 10.0 Å². The number of benzene rings is 1. The topological polar surface area (TPSA) is 43.8 Å². The van der Waals surface area contributed by atoms with Gasteiger partial charge in [-0.1, -0.05) is 49.6 Å². The second kappa shape index (κ2) is 7.32. The Morgan fingerprint density at radius 1 is 1.04 bits per heavy atom. The van der Waals surface area contributed by atoms with Crippen molar-refractivity contribution in [1.29, 1.82) is 0 Å². The van der Waals surface area contributed by atoms with E-state index in [1.165, 1.54) is 6.42 Å². The van der Waals surface area contributed by atoms with Gasteiger partial charge in [0.2, 0.25) is 5.91 Å².